The van der Waals surface area contributed by atoms with Crippen LogP contribution in [0, 0.1) is 23.7 Å². The summed E-state index contributed by atoms with van der Waals surface area (Å²) in [6, 6.07) is 0. The van der Waals surface area contributed by atoms with Crippen LogP contribution in [0.3, 0.4) is 0 Å². The molecule has 0 aromatic heterocycles. The molecule has 116 valence electrons. The van der Waals surface area contributed by atoms with Crippen LogP contribution in [0.5, 0.6) is 0 Å². The summed E-state index contributed by atoms with van der Waals surface area (Å²) in [5.41, 5.74) is 0. The third-order valence-corrected chi connectivity index (χ3v) is 6.03. The molecule has 2 saturated carbocycles. The lowest BCUT2D eigenvalue weighted by Crippen LogP contribution is -2.33. The van der Waals surface area contributed by atoms with Gasteiger partial charge in [-0.3, -0.25) is 4.79 Å². The van der Waals surface area contributed by atoms with E-state index in [0.29, 0.717) is 5.78 Å². The van der Waals surface area contributed by atoms with Crippen molar-refractivity contribution in [3.63, 3.8) is 0 Å². The highest BCUT2D eigenvalue weighted by molar-refractivity contribution is 5.79. The molecule has 0 aromatic carbocycles. The predicted octanol–water partition coefficient (Wildman–Crippen LogP) is 4.35. The molecule has 0 aliphatic heterocycles. The fraction of sp³-hybridized carbons (Fsp3) is 0.944. The molecule has 1 N–H and O–H groups in total. The molecule has 0 amide bonds. The van der Waals surface area contributed by atoms with Crippen molar-refractivity contribution in [1.29, 1.82) is 0 Å². The Morgan fingerprint density at radius 1 is 0.900 bits per heavy atom. The smallest absolute Gasteiger partial charge is 0.132 e. The molecule has 2 rings (SSSR count). The number of carbonyl (C=O) groups excluding carboxylic acids is 1. The maximum atomic E-state index is 11.5. The molecular formula is C18H32O2. The van der Waals surface area contributed by atoms with E-state index in [-0.39, 0.29) is 6.10 Å². The molecule has 2 aliphatic carbocycles. The molecule has 0 aromatic rings. The fourth-order valence-corrected chi connectivity index (χ4v) is 4.89. The van der Waals surface area contributed by atoms with Gasteiger partial charge in [-0.05, 0) is 62.2 Å². The van der Waals surface area contributed by atoms with E-state index in [1.165, 1.54) is 25.7 Å². The fourth-order valence-electron chi connectivity index (χ4n) is 4.89. The number of ketones is 1. The molecule has 2 fully saturated rings. The summed E-state index contributed by atoms with van der Waals surface area (Å²) in [5, 5.41) is 9.72. The van der Waals surface area contributed by atoms with Gasteiger partial charge in [0.1, 0.15) is 5.78 Å². The number of aliphatic hydroxyl groups excluding tert-OH is 1. The van der Waals surface area contributed by atoms with Crippen LogP contribution in [0.15, 0.2) is 0 Å². The van der Waals surface area contributed by atoms with Gasteiger partial charge in [-0.25, -0.2) is 0 Å². The lowest BCUT2D eigenvalue weighted by atomic mass is 9.65. The average molecular weight is 280 g/mol. The van der Waals surface area contributed by atoms with Crippen molar-refractivity contribution < 1.29 is 9.90 Å². The van der Waals surface area contributed by atoms with Gasteiger partial charge in [0.15, 0.2) is 0 Å². The second-order valence-corrected chi connectivity index (χ2v) is 7.09. The van der Waals surface area contributed by atoms with Gasteiger partial charge in [0, 0.05) is 12.8 Å². The number of aliphatic hydroxyl groups is 1. The quantitative estimate of drug-likeness (QED) is 0.813. The molecular weight excluding hydrogens is 248 g/mol. The first-order chi connectivity index (χ1) is 9.65. The molecule has 0 radical (unpaired) electrons. The number of rotatable bonds is 5. The lowest BCUT2D eigenvalue weighted by Gasteiger charge is -2.41. The topological polar surface area (TPSA) is 37.3 Å². The van der Waals surface area contributed by atoms with E-state index in [0.717, 1.165) is 62.2 Å². The predicted molar refractivity (Wildman–Crippen MR) is 82.5 cm³/mol. The molecule has 2 aliphatic rings. The minimum Gasteiger partial charge on any atom is -0.393 e. The average Bonchev–Trinajstić information content (AvgIpc) is 2.47. The van der Waals surface area contributed by atoms with E-state index in [2.05, 4.69) is 13.8 Å². The summed E-state index contributed by atoms with van der Waals surface area (Å²) in [4.78, 5) is 11.5. The maximum Gasteiger partial charge on any atom is 0.132 e. The second-order valence-electron chi connectivity index (χ2n) is 7.09. The monoisotopic (exact) mass is 280 g/mol. The third-order valence-electron chi connectivity index (χ3n) is 6.03. The van der Waals surface area contributed by atoms with Gasteiger partial charge < -0.3 is 5.11 Å². The van der Waals surface area contributed by atoms with Crippen LogP contribution < -0.4 is 0 Å². The van der Waals surface area contributed by atoms with E-state index >= 15 is 0 Å². The summed E-state index contributed by atoms with van der Waals surface area (Å²) >= 11 is 0. The molecule has 2 atom stereocenters. The Labute approximate surface area is 124 Å². The molecule has 2 unspecified atom stereocenters. The first-order valence-electron chi connectivity index (χ1n) is 8.85. The minimum atomic E-state index is -0.0452. The lowest BCUT2D eigenvalue weighted by molar-refractivity contribution is -0.121. The summed E-state index contributed by atoms with van der Waals surface area (Å²) in [5.74, 6) is 3.67. The molecule has 0 bridgehead atoms. The normalized spacial score (nSPS) is 32.0. The summed E-state index contributed by atoms with van der Waals surface area (Å²) in [7, 11) is 0. The van der Waals surface area contributed by atoms with E-state index in [1.807, 2.05) is 0 Å². The van der Waals surface area contributed by atoms with Crippen LogP contribution in [-0.4, -0.2) is 17.0 Å². The van der Waals surface area contributed by atoms with Crippen LogP contribution in [0.1, 0.15) is 78.1 Å². The Morgan fingerprint density at radius 2 is 1.35 bits per heavy atom. The van der Waals surface area contributed by atoms with E-state index in [4.69, 9.17) is 0 Å². The Bertz CT molecular complexity index is 295. The largest absolute Gasteiger partial charge is 0.393 e. The van der Waals surface area contributed by atoms with Crippen molar-refractivity contribution in [1.82, 2.24) is 0 Å². The Kier molecular flexibility index (Phi) is 6.07. The van der Waals surface area contributed by atoms with Gasteiger partial charge in [0.2, 0.25) is 0 Å². The highest BCUT2D eigenvalue weighted by Gasteiger charge is 2.35. The van der Waals surface area contributed by atoms with Crippen molar-refractivity contribution in [3.05, 3.63) is 0 Å². The van der Waals surface area contributed by atoms with Crippen LogP contribution in [-0.2, 0) is 4.79 Å². The summed E-state index contributed by atoms with van der Waals surface area (Å²) < 4.78 is 0. The minimum absolute atomic E-state index is 0.0452. The Morgan fingerprint density at radius 3 is 1.80 bits per heavy atom. The highest BCUT2D eigenvalue weighted by atomic mass is 16.3. The number of hydrogen-bond donors (Lipinski definition) is 1. The zero-order valence-electron chi connectivity index (χ0n) is 13.3. The number of carbonyl (C=O) groups is 1. The first kappa shape index (κ1) is 16.0. The third kappa shape index (κ3) is 3.84. The van der Waals surface area contributed by atoms with Gasteiger partial charge in [-0.1, -0.05) is 26.7 Å². The zero-order chi connectivity index (χ0) is 14.5. The molecule has 0 spiro atoms. The molecule has 0 saturated heterocycles. The summed E-state index contributed by atoms with van der Waals surface area (Å²) in [6.07, 6.45) is 10.8. The van der Waals surface area contributed by atoms with Crippen molar-refractivity contribution >= 4 is 5.78 Å². The van der Waals surface area contributed by atoms with Gasteiger partial charge in [-0.15, -0.1) is 0 Å². The molecule has 0 heterocycles. The molecule has 2 heteroatoms. The van der Waals surface area contributed by atoms with Crippen molar-refractivity contribution in [2.75, 3.05) is 0 Å². The Balaban J connectivity index is 1.97. The van der Waals surface area contributed by atoms with Crippen LogP contribution in [0.2, 0.25) is 0 Å². The van der Waals surface area contributed by atoms with Crippen molar-refractivity contribution in [2.24, 2.45) is 23.7 Å². The molecule has 2 nitrogen and oxygen atoms in total. The van der Waals surface area contributed by atoms with Gasteiger partial charge in [0.25, 0.3) is 0 Å². The van der Waals surface area contributed by atoms with Gasteiger partial charge in [0.05, 0.1) is 6.10 Å². The Hall–Kier alpha value is -0.370. The van der Waals surface area contributed by atoms with Crippen LogP contribution in [0.4, 0.5) is 0 Å². The maximum absolute atomic E-state index is 11.5. The standard InChI is InChI=1S/C18H32O2/c1-3-17(13-5-9-15(19)10-6-13)18(4-2)14-7-11-16(20)12-8-14/h13-15,17-19H,3-12H2,1-2H3. The van der Waals surface area contributed by atoms with Crippen molar-refractivity contribution in [2.45, 2.75) is 84.2 Å². The first-order valence-corrected chi connectivity index (χ1v) is 8.85. The molecule has 20 heavy (non-hydrogen) atoms. The number of hydrogen-bond acceptors (Lipinski definition) is 2. The van der Waals surface area contributed by atoms with Gasteiger partial charge in [-0.2, -0.15) is 0 Å². The van der Waals surface area contributed by atoms with Gasteiger partial charge >= 0.3 is 0 Å². The second kappa shape index (κ2) is 7.59. The van der Waals surface area contributed by atoms with Crippen LogP contribution in [0.25, 0.3) is 0 Å². The zero-order valence-corrected chi connectivity index (χ0v) is 13.3. The van der Waals surface area contributed by atoms with E-state index in [1.54, 1.807) is 0 Å². The van der Waals surface area contributed by atoms with Crippen molar-refractivity contribution in [3.8, 4) is 0 Å². The van der Waals surface area contributed by atoms with E-state index < -0.39 is 0 Å². The summed E-state index contributed by atoms with van der Waals surface area (Å²) in [6.45, 7) is 4.67. The number of Topliss-reactive ketones (excluding diaryl/α,β-unsaturated/α-hetero) is 1. The SMILES string of the molecule is CCC(C1CCC(=O)CC1)C(CC)C1CCC(O)CC1. The highest BCUT2D eigenvalue weighted by Crippen LogP contribution is 2.43. The van der Waals surface area contributed by atoms with E-state index in [9.17, 15) is 9.90 Å². The van der Waals surface area contributed by atoms with Crippen LogP contribution >= 0.6 is 0 Å².